The van der Waals surface area contributed by atoms with Crippen molar-refractivity contribution in [1.29, 1.82) is 0 Å². The van der Waals surface area contributed by atoms with Crippen LogP contribution in [-0.4, -0.2) is 40.4 Å². The van der Waals surface area contributed by atoms with Gasteiger partial charge in [0.1, 0.15) is 0 Å². The molecule has 1 aliphatic heterocycles. The Balaban J connectivity index is 0.00000196. The van der Waals surface area contributed by atoms with Crippen LogP contribution in [0.15, 0.2) is 47.0 Å². The average molecular weight is 481 g/mol. The van der Waals surface area contributed by atoms with Crippen LogP contribution >= 0.6 is 35.3 Å². The Morgan fingerprint density at radius 1 is 1.38 bits per heavy atom. The van der Waals surface area contributed by atoms with Crippen molar-refractivity contribution in [3.05, 3.63) is 58.9 Å². The molecule has 1 unspecified atom stereocenters. The third-order valence-corrected chi connectivity index (χ3v) is 5.67. The van der Waals surface area contributed by atoms with Crippen LogP contribution in [0.25, 0.3) is 4.96 Å². The predicted molar refractivity (Wildman–Crippen MR) is 119 cm³/mol. The molecule has 1 N–H and O–H groups in total. The van der Waals surface area contributed by atoms with Crippen LogP contribution < -0.4 is 5.32 Å². The number of halogens is 1. The van der Waals surface area contributed by atoms with Gasteiger partial charge in [-0.3, -0.25) is 9.39 Å². The van der Waals surface area contributed by atoms with Gasteiger partial charge in [0.05, 0.1) is 12.2 Å². The number of guanidine groups is 1. The number of imidazole rings is 1. The van der Waals surface area contributed by atoms with Crippen molar-refractivity contribution in [3.8, 4) is 0 Å². The van der Waals surface area contributed by atoms with Gasteiger partial charge in [0.25, 0.3) is 0 Å². The maximum Gasteiger partial charge on any atom is 0.193 e. The average Bonchev–Trinajstić information content (AvgIpc) is 3.32. The van der Waals surface area contributed by atoms with Crippen molar-refractivity contribution >= 4 is 46.2 Å². The van der Waals surface area contributed by atoms with Gasteiger partial charge >= 0.3 is 0 Å². The van der Waals surface area contributed by atoms with E-state index in [0.717, 1.165) is 29.7 Å². The van der Waals surface area contributed by atoms with Gasteiger partial charge in [0.2, 0.25) is 0 Å². The Morgan fingerprint density at radius 3 is 3.00 bits per heavy atom. The third-order valence-electron chi connectivity index (χ3n) is 4.90. The fraction of sp³-hybridized carbons (Fsp3) is 0.368. The molecule has 138 valence electrons. The Morgan fingerprint density at radius 2 is 2.23 bits per heavy atom. The molecule has 5 nitrogen and oxygen atoms in total. The number of hydrogen-bond acceptors (Lipinski definition) is 3. The Bertz CT molecular complexity index is 872. The number of rotatable bonds is 3. The number of nitrogens with one attached hydrogen (secondary N) is 1. The molecule has 2 aromatic heterocycles. The number of benzene rings is 1. The normalized spacial score (nSPS) is 17.5. The molecule has 1 aromatic carbocycles. The van der Waals surface area contributed by atoms with Crippen molar-refractivity contribution in [2.75, 3.05) is 20.1 Å². The highest BCUT2D eigenvalue weighted by atomic mass is 127. The lowest BCUT2D eigenvalue weighted by molar-refractivity contribution is 0.485. The minimum atomic E-state index is 0. The molecule has 0 bridgehead atoms. The van der Waals surface area contributed by atoms with Gasteiger partial charge in [-0.05, 0) is 24.5 Å². The highest BCUT2D eigenvalue weighted by Crippen LogP contribution is 2.29. The Hall–Kier alpha value is -1.61. The van der Waals surface area contributed by atoms with Crippen LogP contribution in [-0.2, 0) is 6.54 Å². The molecule has 0 aliphatic carbocycles. The van der Waals surface area contributed by atoms with E-state index in [2.05, 4.69) is 67.4 Å². The van der Waals surface area contributed by atoms with E-state index in [9.17, 15) is 0 Å². The number of aryl methyl sites for hydroxylation is 1. The van der Waals surface area contributed by atoms with Gasteiger partial charge in [-0.1, -0.05) is 24.3 Å². The second kappa shape index (κ2) is 8.39. The first-order valence-electron chi connectivity index (χ1n) is 8.67. The first-order valence-corrected chi connectivity index (χ1v) is 9.55. The van der Waals surface area contributed by atoms with Crippen molar-refractivity contribution < 1.29 is 0 Å². The highest BCUT2D eigenvalue weighted by Gasteiger charge is 2.26. The summed E-state index contributed by atoms with van der Waals surface area (Å²) in [5, 5.41) is 5.52. The number of nitrogens with zero attached hydrogens (tertiary/aromatic N) is 4. The molecule has 0 radical (unpaired) electrons. The summed E-state index contributed by atoms with van der Waals surface area (Å²) >= 11 is 1.66. The zero-order valence-corrected chi connectivity index (χ0v) is 18.2. The second-order valence-electron chi connectivity index (χ2n) is 6.51. The number of thiazole rings is 1. The van der Waals surface area contributed by atoms with E-state index in [-0.39, 0.29) is 24.0 Å². The largest absolute Gasteiger partial charge is 0.351 e. The lowest BCUT2D eigenvalue weighted by Crippen LogP contribution is -2.39. The van der Waals surface area contributed by atoms with Crippen LogP contribution in [0.5, 0.6) is 0 Å². The summed E-state index contributed by atoms with van der Waals surface area (Å²) < 4.78 is 2.06. The fourth-order valence-electron chi connectivity index (χ4n) is 3.61. The molecule has 3 aromatic rings. The molecular weight excluding hydrogens is 457 g/mol. The smallest absolute Gasteiger partial charge is 0.193 e. The number of aliphatic imine (C=N–C) groups is 1. The van der Waals surface area contributed by atoms with Gasteiger partial charge in [-0.2, -0.15) is 0 Å². The Labute approximate surface area is 175 Å². The maximum absolute atomic E-state index is 4.63. The summed E-state index contributed by atoms with van der Waals surface area (Å²) in [6.07, 6.45) is 5.29. The number of aromatic nitrogens is 2. The minimum Gasteiger partial charge on any atom is -0.351 e. The van der Waals surface area contributed by atoms with Crippen LogP contribution in [0, 0.1) is 6.92 Å². The summed E-state index contributed by atoms with van der Waals surface area (Å²) in [5.41, 5.74) is 3.90. The highest BCUT2D eigenvalue weighted by molar-refractivity contribution is 14.0. The summed E-state index contributed by atoms with van der Waals surface area (Å²) in [7, 11) is 1.86. The topological polar surface area (TPSA) is 44.9 Å². The first kappa shape index (κ1) is 19.2. The van der Waals surface area contributed by atoms with Crippen molar-refractivity contribution in [3.63, 3.8) is 0 Å². The van der Waals surface area contributed by atoms with Crippen LogP contribution in [0.2, 0.25) is 0 Å². The molecule has 1 atom stereocenters. The molecule has 0 spiro atoms. The molecule has 1 aliphatic rings. The van der Waals surface area contributed by atoms with Crippen LogP contribution in [0.3, 0.4) is 0 Å². The first-order chi connectivity index (χ1) is 12.2. The molecule has 1 saturated heterocycles. The molecule has 0 amide bonds. The van der Waals surface area contributed by atoms with E-state index in [1.165, 1.54) is 17.5 Å². The molecule has 0 saturated carbocycles. The lowest BCUT2D eigenvalue weighted by Gasteiger charge is -2.21. The fourth-order valence-corrected chi connectivity index (χ4v) is 4.33. The SMILES string of the molecule is CN=C(NCc1cn2ccsc2n1)N1CCC(c2ccccc2C)C1.I. The summed E-state index contributed by atoms with van der Waals surface area (Å²) in [5.74, 6) is 1.55. The van der Waals surface area contributed by atoms with Gasteiger partial charge in [0.15, 0.2) is 10.9 Å². The van der Waals surface area contributed by atoms with E-state index in [1.54, 1.807) is 11.3 Å². The maximum atomic E-state index is 4.63. The number of hydrogen-bond donors (Lipinski definition) is 1. The van der Waals surface area contributed by atoms with E-state index < -0.39 is 0 Å². The predicted octanol–water partition coefficient (Wildman–Crippen LogP) is 3.89. The zero-order valence-electron chi connectivity index (χ0n) is 15.1. The number of likely N-dealkylation sites (tertiary alicyclic amines) is 1. The molecule has 4 rings (SSSR count). The minimum absolute atomic E-state index is 0. The van der Waals surface area contributed by atoms with Crippen molar-refractivity contribution in [2.45, 2.75) is 25.8 Å². The van der Waals surface area contributed by atoms with Crippen LogP contribution in [0.1, 0.15) is 29.2 Å². The van der Waals surface area contributed by atoms with Gasteiger partial charge < -0.3 is 10.2 Å². The van der Waals surface area contributed by atoms with Gasteiger partial charge in [-0.25, -0.2) is 4.98 Å². The van der Waals surface area contributed by atoms with E-state index >= 15 is 0 Å². The standard InChI is InChI=1S/C19H23N5S.HI/c1-14-5-3-4-6-17(14)15-7-8-23(12-15)18(20-2)21-11-16-13-24-9-10-25-19(24)22-16;/h3-6,9-10,13,15H,7-8,11-12H2,1-2H3,(H,20,21);1H. The van der Waals surface area contributed by atoms with Gasteiger partial charge in [-0.15, -0.1) is 35.3 Å². The third kappa shape index (κ3) is 3.88. The molecular formula is C19H24IN5S. The Kier molecular flexibility index (Phi) is 6.18. The van der Waals surface area contributed by atoms with E-state index in [0.29, 0.717) is 12.5 Å². The lowest BCUT2D eigenvalue weighted by atomic mass is 9.94. The summed E-state index contributed by atoms with van der Waals surface area (Å²) in [6.45, 7) is 4.96. The monoisotopic (exact) mass is 481 g/mol. The van der Waals surface area contributed by atoms with Gasteiger partial charge in [0, 0.05) is 43.8 Å². The zero-order chi connectivity index (χ0) is 17.2. The summed E-state index contributed by atoms with van der Waals surface area (Å²) in [6, 6.07) is 8.72. The second-order valence-corrected chi connectivity index (χ2v) is 7.39. The quantitative estimate of drug-likeness (QED) is 0.351. The molecule has 3 heterocycles. The van der Waals surface area contributed by atoms with E-state index in [1.807, 2.05) is 13.2 Å². The van der Waals surface area contributed by atoms with Crippen LogP contribution in [0.4, 0.5) is 0 Å². The number of fused-ring (bicyclic) bond motifs is 1. The molecule has 1 fully saturated rings. The molecule has 26 heavy (non-hydrogen) atoms. The summed E-state index contributed by atoms with van der Waals surface area (Å²) in [4.78, 5) is 12.5. The van der Waals surface area contributed by atoms with E-state index in [4.69, 9.17) is 0 Å². The van der Waals surface area contributed by atoms with Crippen molar-refractivity contribution in [1.82, 2.24) is 19.6 Å². The molecule has 7 heteroatoms. The van der Waals surface area contributed by atoms with Crippen molar-refractivity contribution in [2.24, 2.45) is 4.99 Å².